The summed E-state index contributed by atoms with van der Waals surface area (Å²) in [6, 6.07) is 32.2. The van der Waals surface area contributed by atoms with Gasteiger partial charge in [-0.05, 0) is 119 Å². The van der Waals surface area contributed by atoms with Crippen molar-refractivity contribution in [1.82, 2.24) is 0 Å². The van der Waals surface area contributed by atoms with Gasteiger partial charge in [-0.1, -0.05) is 73.9 Å². The Labute approximate surface area is 268 Å². The molecule has 0 amide bonds. The fraction of sp³-hybridized carbons (Fsp3) is 0.0732. The lowest BCUT2D eigenvalue weighted by molar-refractivity contribution is -0.130. The molecule has 5 aromatic rings. The molecule has 5 aromatic carbocycles. The molecule has 2 aliphatic carbocycles. The van der Waals surface area contributed by atoms with E-state index >= 15 is 0 Å². The molecule has 7 rings (SSSR count). The number of carbonyl (C=O) groups excluding carboxylic acids is 2. The molecular weight excluding hydrogens is 570 g/mol. The van der Waals surface area contributed by atoms with E-state index in [-0.39, 0.29) is 0 Å². The lowest BCUT2D eigenvalue weighted by Gasteiger charge is -2.31. The van der Waals surface area contributed by atoms with Crippen LogP contribution in [0.3, 0.4) is 0 Å². The lowest BCUT2D eigenvalue weighted by Crippen LogP contribution is -2.14. The summed E-state index contributed by atoms with van der Waals surface area (Å²) >= 11 is 0. The normalized spacial score (nSPS) is 12.7. The first kappa shape index (κ1) is 28.8. The maximum Gasteiger partial charge on any atom is 0.338 e. The first-order valence-electron chi connectivity index (χ1n) is 15.2. The number of allylic oxidation sites excluding steroid dienone is 3. The zero-order valence-corrected chi connectivity index (χ0v) is 25.5. The summed E-state index contributed by atoms with van der Waals surface area (Å²) in [6.07, 6.45) is 9.77. The second-order valence-corrected chi connectivity index (χ2v) is 11.4. The molecule has 2 aliphatic rings. The summed E-state index contributed by atoms with van der Waals surface area (Å²) in [6.45, 7) is 8.76. The molecule has 0 aromatic heterocycles. The molecule has 46 heavy (non-hydrogen) atoms. The molecule has 0 heterocycles. The highest BCUT2D eigenvalue weighted by atomic mass is 16.5. The molecule has 0 spiro atoms. The number of anilines is 3. The minimum Gasteiger partial charge on any atom is -0.423 e. The highest BCUT2D eigenvalue weighted by Gasteiger charge is 2.25. The number of nitrogens with zero attached hydrogens (tertiary/aromatic N) is 1. The Morgan fingerprint density at radius 1 is 0.761 bits per heavy atom. The van der Waals surface area contributed by atoms with Crippen molar-refractivity contribution in [1.29, 1.82) is 0 Å². The Hall–Kier alpha value is -5.94. The molecule has 0 aliphatic heterocycles. The number of benzene rings is 5. The number of hydrogen-bond acceptors (Lipinski definition) is 5. The molecule has 0 saturated heterocycles. The van der Waals surface area contributed by atoms with Crippen LogP contribution in [0.15, 0.2) is 134 Å². The third kappa shape index (κ3) is 5.33. The number of hydrogen-bond donors (Lipinski definition) is 0. The van der Waals surface area contributed by atoms with Crippen LogP contribution in [0.5, 0.6) is 11.5 Å². The van der Waals surface area contributed by atoms with E-state index in [0.29, 0.717) is 17.1 Å². The first-order valence-corrected chi connectivity index (χ1v) is 15.2. The Kier molecular flexibility index (Phi) is 7.43. The topological polar surface area (TPSA) is 55.8 Å². The van der Waals surface area contributed by atoms with E-state index in [1.807, 2.05) is 24.3 Å². The quantitative estimate of drug-likeness (QED) is 0.101. The van der Waals surface area contributed by atoms with Crippen LogP contribution in [0.1, 0.15) is 30.0 Å². The van der Waals surface area contributed by atoms with Crippen LogP contribution in [0.4, 0.5) is 17.1 Å². The Balaban J connectivity index is 1.30. The summed E-state index contributed by atoms with van der Waals surface area (Å²) in [5.41, 5.74) is 10.7. The largest absolute Gasteiger partial charge is 0.423 e. The van der Waals surface area contributed by atoms with Gasteiger partial charge in [0, 0.05) is 23.0 Å². The first-order chi connectivity index (χ1) is 22.4. The van der Waals surface area contributed by atoms with E-state index in [0.717, 1.165) is 47.1 Å². The zero-order chi connectivity index (χ0) is 31.8. The van der Waals surface area contributed by atoms with Crippen LogP contribution < -0.4 is 14.4 Å². The molecule has 0 radical (unpaired) electrons. The molecule has 0 atom stereocenters. The van der Waals surface area contributed by atoms with E-state index in [1.54, 1.807) is 31.2 Å². The van der Waals surface area contributed by atoms with Gasteiger partial charge in [-0.15, -0.1) is 0 Å². The SMILES string of the molecule is C=CC(=O)Oc1ccc(N(c2ccc(-c3ccc(OC(=O)C(=C)C)cc3)cc2)c2ccc3ccc4c5c3c2CC=C5CC=C4)cc1. The Morgan fingerprint density at radius 3 is 2.04 bits per heavy atom. The molecule has 0 saturated carbocycles. The van der Waals surface area contributed by atoms with Gasteiger partial charge in [-0.25, -0.2) is 9.59 Å². The van der Waals surface area contributed by atoms with Gasteiger partial charge in [0.15, 0.2) is 0 Å². The summed E-state index contributed by atoms with van der Waals surface area (Å²) in [5, 5.41) is 2.54. The fourth-order valence-corrected chi connectivity index (χ4v) is 6.18. The Morgan fingerprint density at radius 2 is 1.37 bits per heavy atom. The minimum absolute atomic E-state index is 0.352. The van der Waals surface area contributed by atoms with E-state index in [9.17, 15) is 9.59 Å². The number of ether oxygens (including phenoxy) is 2. The van der Waals surface area contributed by atoms with Gasteiger partial charge in [0.1, 0.15) is 11.5 Å². The Bertz CT molecular complexity index is 2100. The highest BCUT2D eigenvalue weighted by molar-refractivity contribution is 6.05. The van der Waals surface area contributed by atoms with Gasteiger partial charge in [0.2, 0.25) is 0 Å². The third-order valence-corrected chi connectivity index (χ3v) is 8.40. The van der Waals surface area contributed by atoms with Gasteiger partial charge < -0.3 is 14.4 Å². The van der Waals surface area contributed by atoms with Crippen molar-refractivity contribution < 1.29 is 19.1 Å². The zero-order valence-electron chi connectivity index (χ0n) is 25.5. The van der Waals surface area contributed by atoms with Gasteiger partial charge in [-0.3, -0.25) is 0 Å². The van der Waals surface area contributed by atoms with Crippen molar-refractivity contribution >= 4 is 51.4 Å². The van der Waals surface area contributed by atoms with E-state index in [4.69, 9.17) is 9.47 Å². The van der Waals surface area contributed by atoms with Gasteiger partial charge in [0.25, 0.3) is 0 Å². The van der Waals surface area contributed by atoms with Crippen molar-refractivity contribution in [2.24, 2.45) is 0 Å². The van der Waals surface area contributed by atoms with Gasteiger partial charge in [0.05, 0.1) is 5.69 Å². The van der Waals surface area contributed by atoms with Gasteiger partial charge in [-0.2, -0.15) is 0 Å². The summed E-state index contributed by atoms with van der Waals surface area (Å²) < 4.78 is 10.7. The van der Waals surface area contributed by atoms with E-state index in [1.165, 1.54) is 33.0 Å². The van der Waals surface area contributed by atoms with Crippen molar-refractivity contribution in [2.75, 3.05) is 4.90 Å². The summed E-state index contributed by atoms with van der Waals surface area (Å²) in [4.78, 5) is 26.0. The molecule has 5 heteroatoms. The van der Waals surface area contributed by atoms with Crippen molar-refractivity contribution in [3.8, 4) is 22.6 Å². The molecular formula is C41H31NO4. The average Bonchev–Trinajstić information content (AvgIpc) is 3.09. The molecule has 0 fully saturated rings. The maximum atomic E-state index is 11.9. The van der Waals surface area contributed by atoms with Crippen LogP contribution >= 0.6 is 0 Å². The molecule has 0 bridgehead atoms. The average molecular weight is 602 g/mol. The highest BCUT2D eigenvalue weighted by Crippen LogP contribution is 2.46. The van der Waals surface area contributed by atoms with Crippen molar-refractivity contribution in [3.05, 3.63) is 151 Å². The second-order valence-electron chi connectivity index (χ2n) is 11.4. The lowest BCUT2D eigenvalue weighted by atomic mass is 9.81. The fourth-order valence-electron chi connectivity index (χ4n) is 6.18. The number of rotatable bonds is 8. The molecule has 5 nitrogen and oxygen atoms in total. The van der Waals surface area contributed by atoms with E-state index in [2.05, 4.69) is 84.8 Å². The van der Waals surface area contributed by atoms with Crippen LogP contribution in [-0.4, -0.2) is 11.9 Å². The second kappa shape index (κ2) is 11.9. The summed E-state index contributed by atoms with van der Waals surface area (Å²) in [5.74, 6) is -0.0142. The van der Waals surface area contributed by atoms with E-state index < -0.39 is 11.9 Å². The number of esters is 2. The standard InChI is InChI=1S/C41H31NO4/c1-4-38(43)45-34-22-18-33(19-23-34)42(32-16-10-27(11-17-32)28-12-20-35(21-13-28)46-41(44)26(2)3)37-25-15-31-9-8-29-6-5-7-30-14-24-36(37)40(31)39(29)30/h4-6,8-23,25H,1-2,7,24H2,3H3. The smallest absolute Gasteiger partial charge is 0.338 e. The molecule has 0 N–H and O–H groups in total. The van der Waals surface area contributed by atoms with Crippen molar-refractivity contribution in [3.63, 3.8) is 0 Å². The van der Waals surface area contributed by atoms with Crippen LogP contribution in [-0.2, 0) is 16.0 Å². The monoisotopic (exact) mass is 601 g/mol. The third-order valence-electron chi connectivity index (χ3n) is 8.40. The maximum absolute atomic E-state index is 11.9. The van der Waals surface area contributed by atoms with Gasteiger partial charge >= 0.3 is 11.9 Å². The predicted molar refractivity (Wildman–Crippen MR) is 186 cm³/mol. The van der Waals surface area contributed by atoms with Crippen molar-refractivity contribution in [2.45, 2.75) is 19.8 Å². The minimum atomic E-state index is -0.498. The van der Waals surface area contributed by atoms with Crippen LogP contribution in [0.25, 0.3) is 33.5 Å². The summed E-state index contributed by atoms with van der Waals surface area (Å²) in [7, 11) is 0. The predicted octanol–water partition coefficient (Wildman–Crippen LogP) is 9.91. The number of carbonyl (C=O) groups is 2. The van der Waals surface area contributed by atoms with Crippen LogP contribution in [0, 0.1) is 0 Å². The van der Waals surface area contributed by atoms with Crippen LogP contribution in [0.2, 0.25) is 0 Å². The molecule has 0 unspecified atom stereocenters. The molecule has 224 valence electrons.